The van der Waals surface area contributed by atoms with Gasteiger partial charge in [0, 0.05) is 12.9 Å². The Balaban J connectivity index is 2.41. The van der Waals surface area contributed by atoms with Crippen molar-refractivity contribution in [2.45, 2.75) is 6.23 Å². The van der Waals surface area contributed by atoms with E-state index in [1.165, 1.54) is 0 Å². The Kier molecular flexibility index (Phi) is 2.22. The molecular weight excluding hydrogens is 142 g/mol. The van der Waals surface area contributed by atoms with E-state index < -0.39 is 0 Å². The highest BCUT2D eigenvalue weighted by atomic mass is 32.2. The molecule has 1 unspecified atom stereocenters. The van der Waals surface area contributed by atoms with Crippen molar-refractivity contribution in [1.29, 1.82) is 0 Å². The smallest absolute Gasteiger partial charge is 0.159 e. The van der Waals surface area contributed by atoms with Crippen LogP contribution in [-0.4, -0.2) is 23.5 Å². The van der Waals surface area contributed by atoms with Crippen molar-refractivity contribution in [3.05, 3.63) is 0 Å². The van der Waals surface area contributed by atoms with Gasteiger partial charge in [0.1, 0.15) is 4.38 Å². The number of thioether (sulfide) groups is 1. The Hall–Kier alpha value is 0.330. The average molecular weight is 149 g/mol. The van der Waals surface area contributed by atoms with Crippen LogP contribution in [0, 0.1) is 0 Å². The number of thiol groups is 1. The summed E-state index contributed by atoms with van der Waals surface area (Å²) in [5, 5.41) is 0. The molecule has 1 heterocycles. The highest BCUT2D eigenvalue weighted by Gasteiger charge is 2.13. The third kappa shape index (κ3) is 1.40. The Morgan fingerprint density at radius 1 is 2.00 bits per heavy atom. The predicted molar refractivity (Wildman–Crippen MR) is 39.7 cm³/mol. The number of rotatable bonds is 1. The molecule has 1 aliphatic heterocycles. The summed E-state index contributed by atoms with van der Waals surface area (Å²) in [7, 11) is 1.65. The van der Waals surface area contributed by atoms with Gasteiger partial charge in [-0.1, -0.05) is 11.8 Å². The van der Waals surface area contributed by atoms with Gasteiger partial charge in [0.15, 0.2) is 6.23 Å². The van der Waals surface area contributed by atoms with E-state index in [1.807, 2.05) is 0 Å². The van der Waals surface area contributed by atoms with Gasteiger partial charge in [0.2, 0.25) is 0 Å². The Morgan fingerprint density at radius 2 is 2.75 bits per heavy atom. The van der Waals surface area contributed by atoms with Crippen LogP contribution in [-0.2, 0) is 4.74 Å². The van der Waals surface area contributed by atoms with Crippen LogP contribution in [0.25, 0.3) is 0 Å². The van der Waals surface area contributed by atoms with Gasteiger partial charge in [-0.3, -0.25) is 0 Å². The third-order valence-corrected chi connectivity index (χ3v) is 2.20. The Bertz CT molecular complexity index is 115. The van der Waals surface area contributed by atoms with E-state index >= 15 is 0 Å². The lowest BCUT2D eigenvalue weighted by Gasteiger charge is -1.98. The molecule has 0 aromatic rings. The van der Waals surface area contributed by atoms with Gasteiger partial charge in [-0.15, -0.1) is 12.6 Å². The average Bonchev–Trinajstić information content (AvgIpc) is 2.14. The third-order valence-electron chi connectivity index (χ3n) is 0.882. The van der Waals surface area contributed by atoms with Crippen LogP contribution in [0.1, 0.15) is 0 Å². The van der Waals surface area contributed by atoms with Gasteiger partial charge in [0.05, 0.1) is 0 Å². The quantitative estimate of drug-likeness (QED) is 0.561. The highest BCUT2D eigenvalue weighted by molar-refractivity contribution is 8.32. The molecule has 0 spiro atoms. The molecule has 1 aliphatic rings. The number of methoxy groups -OCH3 is 1. The van der Waals surface area contributed by atoms with Crippen molar-refractivity contribution in [2.24, 2.45) is 4.99 Å². The molecule has 0 aliphatic carbocycles. The summed E-state index contributed by atoms with van der Waals surface area (Å²) in [4.78, 5) is 4.03. The van der Waals surface area contributed by atoms with Crippen LogP contribution in [0.5, 0.6) is 0 Å². The van der Waals surface area contributed by atoms with Crippen molar-refractivity contribution in [1.82, 2.24) is 0 Å². The lowest BCUT2D eigenvalue weighted by atomic mass is 10.7. The number of nitrogens with zero attached hydrogens (tertiary/aromatic N) is 1. The second-order valence-corrected chi connectivity index (χ2v) is 3.15. The van der Waals surface area contributed by atoms with Crippen molar-refractivity contribution in [3.63, 3.8) is 0 Å². The monoisotopic (exact) mass is 149 g/mol. The fourth-order valence-electron chi connectivity index (χ4n) is 0.464. The van der Waals surface area contributed by atoms with Crippen LogP contribution < -0.4 is 0 Å². The molecule has 0 fully saturated rings. The number of hydrogen-bond donors (Lipinski definition) is 1. The number of ether oxygens (including phenoxy) is 1. The van der Waals surface area contributed by atoms with Crippen LogP contribution in [0.4, 0.5) is 0 Å². The molecule has 0 aromatic carbocycles. The van der Waals surface area contributed by atoms with E-state index in [-0.39, 0.29) is 6.23 Å². The first-order valence-electron chi connectivity index (χ1n) is 2.25. The largest absolute Gasteiger partial charge is 0.359 e. The molecule has 46 valence electrons. The molecule has 0 bridgehead atoms. The second kappa shape index (κ2) is 2.75. The molecule has 0 aromatic heterocycles. The van der Waals surface area contributed by atoms with Crippen LogP contribution in [0.2, 0.25) is 0 Å². The number of aliphatic imine (C=N–C) groups is 1. The molecule has 0 N–H and O–H groups in total. The van der Waals surface area contributed by atoms with Crippen LogP contribution >= 0.6 is 24.4 Å². The first-order valence-corrected chi connectivity index (χ1v) is 3.68. The minimum atomic E-state index is 0.0486. The number of hydrogen-bond acceptors (Lipinski definition) is 3. The summed E-state index contributed by atoms with van der Waals surface area (Å²) in [6.07, 6.45) is 0.0486. The zero-order valence-electron chi connectivity index (χ0n) is 4.50. The topological polar surface area (TPSA) is 21.6 Å². The molecule has 8 heavy (non-hydrogen) atoms. The van der Waals surface area contributed by atoms with E-state index in [9.17, 15) is 0 Å². The first kappa shape index (κ1) is 6.45. The van der Waals surface area contributed by atoms with Crippen molar-refractivity contribution in [2.75, 3.05) is 12.9 Å². The summed E-state index contributed by atoms with van der Waals surface area (Å²) in [6, 6.07) is 0. The zero-order chi connectivity index (χ0) is 5.98. The fourth-order valence-corrected chi connectivity index (χ4v) is 1.51. The van der Waals surface area contributed by atoms with Gasteiger partial charge >= 0.3 is 0 Å². The lowest BCUT2D eigenvalue weighted by Crippen LogP contribution is -2.04. The zero-order valence-corrected chi connectivity index (χ0v) is 6.21. The molecule has 0 saturated carbocycles. The summed E-state index contributed by atoms with van der Waals surface area (Å²) in [6.45, 7) is 0. The van der Waals surface area contributed by atoms with Crippen molar-refractivity contribution < 1.29 is 4.74 Å². The predicted octanol–water partition coefficient (Wildman–Crippen LogP) is 0.991. The second-order valence-electron chi connectivity index (χ2n) is 1.41. The SMILES string of the molecule is COC1CSC(S)=N1. The molecule has 0 radical (unpaired) electrons. The molecule has 0 saturated heterocycles. The van der Waals surface area contributed by atoms with E-state index in [2.05, 4.69) is 17.6 Å². The summed E-state index contributed by atoms with van der Waals surface area (Å²) in [5.41, 5.74) is 0. The van der Waals surface area contributed by atoms with Gasteiger partial charge in [-0.25, -0.2) is 4.99 Å². The molecule has 0 amide bonds. The first-order chi connectivity index (χ1) is 3.83. The van der Waals surface area contributed by atoms with Gasteiger partial charge < -0.3 is 4.74 Å². The minimum absolute atomic E-state index is 0.0486. The van der Waals surface area contributed by atoms with E-state index in [1.54, 1.807) is 18.9 Å². The Morgan fingerprint density at radius 3 is 3.00 bits per heavy atom. The normalized spacial score (nSPS) is 28.2. The minimum Gasteiger partial charge on any atom is -0.359 e. The summed E-state index contributed by atoms with van der Waals surface area (Å²) < 4.78 is 5.75. The molecule has 2 nitrogen and oxygen atoms in total. The van der Waals surface area contributed by atoms with Gasteiger partial charge in [-0.05, 0) is 0 Å². The van der Waals surface area contributed by atoms with E-state index in [0.717, 1.165) is 10.1 Å². The molecular formula is C4H7NOS2. The highest BCUT2D eigenvalue weighted by Crippen LogP contribution is 2.19. The lowest BCUT2D eigenvalue weighted by molar-refractivity contribution is 0.132. The molecule has 4 heteroatoms. The maximum absolute atomic E-state index is 4.92. The van der Waals surface area contributed by atoms with E-state index in [0.29, 0.717) is 0 Å². The van der Waals surface area contributed by atoms with Crippen LogP contribution in [0.3, 0.4) is 0 Å². The Labute approximate surface area is 58.1 Å². The standard InChI is InChI=1S/C4H7NOS2/c1-6-3-2-8-4(7)5-3/h3H,2H2,1H3,(H,5,7). The van der Waals surface area contributed by atoms with E-state index in [4.69, 9.17) is 4.74 Å². The summed E-state index contributed by atoms with van der Waals surface area (Å²) in [5.74, 6) is 0.912. The molecule has 1 atom stereocenters. The van der Waals surface area contributed by atoms with Crippen molar-refractivity contribution >= 4 is 28.8 Å². The maximum Gasteiger partial charge on any atom is 0.159 e. The molecule has 1 rings (SSSR count). The van der Waals surface area contributed by atoms with Gasteiger partial charge in [0.25, 0.3) is 0 Å². The summed E-state index contributed by atoms with van der Waals surface area (Å²) >= 11 is 5.66. The fraction of sp³-hybridized carbons (Fsp3) is 0.750. The maximum atomic E-state index is 4.92. The van der Waals surface area contributed by atoms with Crippen LogP contribution in [0.15, 0.2) is 4.99 Å². The van der Waals surface area contributed by atoms with Crippen molar-refractivity contribution in [3.8, 4) is 0 Å². The van der Waals surface area contributed by atoms with Gasteiger partial charge in [-0.2, -0.15) is 0 Å².